The highest BCUT2D eigenvalue weighted by Crippen LogP contribution is 2.34. The Morgan fingerprint density at radius 3 is 2.39 bits per heavy atom. The lowest BCUT2D eigenvalue weighted by Gasteiger charge is -2.14. The van der Waals surface area contributed by atoms with Crippen molar-refractivity contribution >= 4 is 21.4 Å². The first kappa shape index (κ1) is 23.9. The average Bonchev–Trinajstić information content (AvgIpc) is 2.73. The maximum absolute atomic E-state index is 14.2. The van der Waals surface area contributed by atoms with Crippen molar-refractivity contribution in [1.82, 2.24) is 9.78 Å². The number of para-hydroxylation sites is 1. The molecule has 0 spiro atoms. The molecule has 33 heavy (non-hydrogen) atoms. The van der Waals surface area contributed by atoms with E-state index in [1.165, 1.54) is 25.1 Å². The summed E-state index contributed by atoms with van der Waals surface area (Å²) in [5.41, 5.74) is -7.44. The molecule has 3 rings (SSSR count). The van der Waals surface area contributed by atoms with Crippen LogP contribution in [0.3, 0.4) is 0 Å². The molecule has 0 saturated carbocycles. The van der Waals surface area contributed by atoms with Gasteiger partial charge in [-0.2, -0.15) is 18.3 Å². The van der Waals surface area contributed by atoms with Crippen LogP contribution in [0.4, 0.5) is 23.2 Å². The van der Waals surface area contributed by atoms with Gasteiger partial charge in [-0.15, -0.1) is 0 Å². The zero-order valence-corrected chi connectivity index (χ0v) is 17.8. The maximum atomic E-state index is 14.2. The van der Waals surface area contributed by atoms with E-state index in [0.29, 0.717) is 12.1 Å². The van der Waals surface area contributed by atoms with Crippen LogP contribution in [-0.2, 0) is 9.84 Å². The van der Waals surface area contributed by atoms with Crippen LogP contribution in [0.5, 0.6) is 5.75 Å². The van der Waals surface area contributed by atoms with Crippen LogP contribution in [0.15, 0.2) is 58.2 Å². The Morgan fingerprint density at radius 2 is 1.79 bits per heavy atom. The van der Waals surface area contributed by atoms with Crippen LogP contribution in [0, 0.1) is 12.7 Å². The summed E-state index contributed by atoms with van der Waals surface area (Å²) in [6.07, 6.45) is 0. The summed E-state index contributed by atoms with van der Waals surface area (Å²) < 4.78 is 82.2. The van der Waals surface area contributed by atoms with Crippen molar-refractivity contribution in [2.75, 3.05) is 12.4 Å². The van der Waals surface area contributed by atoms with Crippen molar-refractivity contribution in [3.63, 3.8) is 0 Å². The van der Waals surface area contributed by atoms with Gasteiger partial charge in [0, 0.05) is 11.8 Å². The van der Waals surface area contributed by atoms with Crippen LogP contribution in [-0.4, -0.2) is 36.7 Å². The third-order valence-corrected chi connectivity index (χ3v) is 5.92. The number of benzene rings is 2. The molecule has 0 aliphatic rings. The Hall–Kier alpha value is -3.74. The number of carbonyl (C=O) groups excluding carboxylic acids is 1. The van der Waals surface area contributed by atoms with E-state index in [1.54, 1.807) is 0 Å². The van der Waals surface area contributed by atoms with Crippen molar-refractivity contribution in [2.45, 2.75) is 17.3 Å². The largest absolute Gasteiger partial charge is 0.501 e. The highest BCUT2D eigenvalue weighted by Gasteiger charge is 2.47. The van der Waals surface area contributed by atoms with Gasteiger partial charge in [0.1, 0.15) is 17.3 Å². The first-order valence-electron chi connectivity index (χ1n) is 9.03. The SMILES string of the molecule is COc1ccc(S(=O)(=O)C(F)(F)F)cc1NC(=O)c1nn(-c2ccccc2F)c(C)cc1=O. The molecule has 0 aliphatic carbocycles. The zero-order chi connectivity index (χ0) is 24.6. The van der Waals surface area contributed by atoms with Crippen LogP contribution in [0.2, 0.25) is 0 Å². The molecule has 0 aliphatic heterocycles. The second kappa shape index (κ2) is 8.65. The lowest BCUT2D eigenvalue weighted by molar-refractivity contribution is -0.0436. The van der Waals surface area contributed by atoms with Gasteiger partial charge in [-0.25, -0.2) is 17.5 Å². The van der Waals surface area contributed by atoms with Gasteiger partial charge in [-0.05, 0) is 37.3 Å². The molecule has 8 nitrogen and oxygen atoms in total. The van der Waals surface area contributed by atoms with Crippen LogP contribution in [0.25, 0.3) is 5.69 Å². The summed E-state index contributed by atoms with van der Waals surface area (Å²) in [7, 11) is -4.58. The second-order valence-electron chi connectivity index (χ2n) is 6.63. The lowest BCUT2D eigenvalue weighted by Crippen LogP contribution is -2.27. The number of methoxy groups -OCH3 is 1. The highest BCUT2D eigenvalue weighted by molar-refractivity contribution is 7.92. The van der Waals surface area contributed by atoms with Crippen LogP contribution in [0.1, 0.15) is 16.2 Å². The normalized spacial score (nSPS) is 11.8. The minimum atomic E-state index is -5.72. The minimum Gasteiger partial charge on any atom is -0.495 e. The van der Waals surface area contributed by atoms with Gasteiger partial charge in [-0.3, -0.25) is 9.59 Å². The predicted molar refractivity (Wildman–Crippen MR) is 109 cm³/mol. The fourth-order valence-corrected chi connectivity index (χ4v) is 3.63. The molecule has 3 aromatic rings. The molecule has 0 fully saturated rings. The van der Waals surface area contributed by atoms with Gasteiger partial charge >= 0.3 is 5.51 Å². The number of nitrogens with one attached hydrogen (secondary N) is 1. The Morgan fingerprint density at radius 1 is 1.12 bits per heavy atom. The summed E-state index contributed by atoms with van der Waals surface area (Å²) in [4.78, 5) is 23.9. The number of hydrogen-bond donors (Lipinski definition) is 1. The van der Waals surface area contributed by atoms with Crippen LogP contribution < -0.4 is 15.5 Å². The van der Waals surface area contributed by atoms with Gasteiger partial charge in [-0.1, -0.05) is 12.1 Å². The number of sulfone groups is 1. The number of aromatic nitrogens is 2. The number of anilines is 1. The van der Waals surface area contributed by atoms with Gasteiger partial charge < -0.3 is 10.1 Å². The van der Waals surface area contributed by atoms with Crippen molar-refractivity contribution in [3.8, 4) is 11.4 Å². The van der Waals surface area contributed by atoms with E-state index in [4.69, 9.17) is 4.74 Å². The number of amides is 1. The number of nitrogens with zero attached hydrogens (tertiary/aromatic N) is 2. The predicted octanol–water partition coefficient (Wildman–Crippen LogP) is 3.23. The van der Waals surface area contributed by atoms with Crippen molar-refractivity contribution in [1.29, 1.82) is 0 Å². The van der Waals surface area contributed by atoms with Crippen LogP contribution >= 0.6 is 0 Å². The summed E-state index contributed by atoms with van der Waals surface area (Å²) in [5.74, 6) is -2.04. The summed E-state index contributed by atoms with van der Waals surface area (Å²) >= 11 is 0. The molecule has 0 bridgehead atoms. The van der Waals surface area contributed by atoms with Crippen molar-refractivity contribution in [2.24, 2.45) is 0 Å². The number of halogens is 4. The lowest BCUT2D eigenvalue weighted by atomic mass is 10.2. The monoisotopic (exact) mass is 485 g/mol. The highest BCUT2D eigenvalue weighted by atomic mass is 32.2. The molecule has 1 N–H and O–H groups in total. The third-order valence-electron chi connectivity index (χ3n) is 4.44. The first-order valence-corrected chi connectivity index (χ1v) is 10.5. The maximum Gasteiger partial charge on any atom is 0.501 e. The van der Waals surface area contributed by atoms with Gasteiger partial charge in [0.05, 0.1) is 17.7 Å². The summed E-state index contributed by atoms with van der Waals surface area (Å²) in [5, 5.41) is 6.01. The molecule has 13 heteroatoms. The van der Waals surface area contributed by atoms with Crippen molar-refractivity contribution in [3.05, 3.63) is 76.0 Å². The standard InChI is InChI=1S/C20H15F4N3O5S/c1-11-9-16(28)18(26-27(11)15-6-4-3-5-13(15)21)19(29)25-14-10-12(7-8-17(14)32-2)33(30,31)20(22,23)24/h3-10H,1-2H3,(H,25,29). The van der Waals surface area contributed by atoms with E-state index in [1.807, 2.05) is 0 Å². The van der Waals surface area contributed by atoms with Gasteiger partial charge in [0.15, 0.2) is 5.69 Å². The van der Waals surface area contributed by atoms with Crippen molar-refractivity contribution < 1.29 is 35.5 Å². The molecule has 1 amide bonds. The van der Waals surface area contributed by atoms with E-state index >= 15 is 0 Å². The Bertz CT molecular complexity index is 1400. The smallest absolute Gasteiger partial charge is 0.495 e. The second-order valence-corrected chi connectivity index (χ2v) is 8.57. The molecule has 0 unspecified atom stereocenters. The molecule has 1 heterocycles. The van der Waals surface area contributed by atoms with E-state index in [0.717, 1.165) is 30.0 Å². The fraction of sp³-hybridized carbons (Fsp3) is 0.150. The number of aryl methyl sites for hydroxylation is 1. The zero-order valence-electron chi connectivity index (χ0n) is 17.0. The van der Waals surface area contributed by atoms with E-state index < -0.39 is 48.8 Å². The molecular formula is C20H15F4N3O5S. The molecule has 2 aromatic carbocycles. The topological polar surface area (TPSA) is 107 Å². The number of alkyl halides is 3. The first-order chi connectivity index (χ1) is 15.4. The van der Waals surface area contributed by atoms with Gasteiger partial charge in [0.25, 0.3) is 15.7 Å². The molecule has 0 atom stereocenters. The minimum absolute atomic E-state index is 0.0556. The fourth-order valence-electron chi connectivity index (χ4n) is 2.84. The Labute approximate surface area is 184 Å². The summed E-state index contributed by atoms with van der Waals surface area (Å²) in [6.45, 7) is 1.46. The third kappa shape index (κ3) is 4.58. The molecular weight excluding hydrogens is 470 g/mol. The molecule has 0 saturated heterocycles. The van der Waals surface area contributed by atoms with E-state index in [2.05, 4.69) is 10.4 Å². The van der Waals surface area contributed by atoms with Gasteiger partial charge in [0.2, 0.25) is 5.43 Å². The van der Waals surface area contributed by atoms with E-state index in [9.17, 15) is 35.6 Å². The Kier molecular flexibility index (Phi) is 6.27. The molecule has 174 valence electrons. The number of hydrogen-bond acceptors (Lipinski definition) is 6. The Balaban J connectivity index is 2.06. The molecule has 0 radical (unpaired) electrons. The quantitative estimate of drug-likeness (QED) is 0.556. The summed E-state index contributed by atoms with van der Waals surface area (Å²) in [6, 6.07) is 8.58. The van der Waals surface area contributed by atoms with E-state index in [-0.39, 0.29) is 17.1 Å². The number of ether oxygens (including phenoxy) is 1. The molecule has 1 aromatic heterocycles. The average molecular weight is 485 g/mol. The number of rotatable bonds is 5. The number of carbonyl (C=O) groups is 1.